The molecule has 94 valence electrons. The van der Waals surface area contributed by atoms with E-state index in [1.807, 2.05) is 0 Å². The highest BCUT2D eigenvalue weighted by Crippen LogP contribution is 2.38. The Kier molecular flexibility index (Phi) is 4.26. The lowest BCUT2D eigenvalue weighted by Gasteiger charge is -2.45. The van der Waals surface area contributed by atoms with Gasteiger partial charge in [0.05, 0.1) is 11.7 Å². The second-order valence-corrected chi connectivity index (χ2v) is 5.69. The molecule has 0 radical (unpaired) electrons. The summed E-state index contributed by atoms with van der Waals surface area (Å²) >= 11 is 0. The Balaban J connectivity index is 1.85. The number of hydrogen-bond acceptors (Lipinski definition) is 2. The molecule has 0 aromatic rings. The van der Waals surface area contributed by atoms with Gasteiger partial charge in [0.15, 0.2) is 0 Å². The number of ether oxygens (including phenoxy) is 1. The summed E-state index contributed by atoms with van der Waals surface area (Å²) in [5.41, 5.74) is 0.198. The lowest BCUT2D eigenvalue weighted by Crippen LogP contribution is -2.55. The molecule has 16 heavy (non-hydrogen) atoms. The molecule has 1 aliphatic carbocycles. The van der Waals surface area contributed by atoms with Gasteiger partial charge in [0.1, 0.15) is 0 Å². The molecule has 0 aromatic carbocycles. The minimum absolute atomic E-state index is 0.198. The summed E-state index contributed by atoms with van der Waals surface area (Å²) < 4.78 is 6.33. The molecular weight excluding hydrogens is 198 g/mol. The molecule has 2 aliphatic rings. The average molecular weight is 225 g/mol. The Hall–Kier alpha value is -0.0800. The first-order valence-electron chi connectivity index (χ1n) is 7.16. The van der Waals surface area contributed by atoms with E-state index in [1.54, 1.807) is 0 Å². The highest BCUT2D eigenvalue weighted by Gasteiger charge is 2.39. The SMILES string of the molecule is CCCC1CCC2(CC1)CNCC(CC)O2. The van der Waals surface area contributed by atoms with Crippen molar-refractivity contribution in [2.45, 2.75) is 70.5 Å². The van der Waals surface area contributed by atoms with E-state index in [1.165, 1.54) is 38.5 Å². The van der Waals surface area contributed by atoms with Crippen LogP contribution in [0.25, 0.3) is 0 Å². The Morgan fingerprint density at radius 3 is 2.62 bits per heavy atom. The molecule has 0 amide bonds. The van der Waals surface area contributed by atoms with Crippen LogP contribution in [0.4, 0.5) is 0 Å². The fourth-order valence-corrected chi connectivity index (χ4v) is 3.32. The van der Waals surface area contributed by atoms with E-state index >= 15 is 0 Å². The second kappa shape index (κ2) is 5.50. The number of hydrogen-bond donors (Lipinski definition) is 1. The zero-order valence-corrected chi connectivity index (χ0v) is 10.9. The second-order valence-electron chi connectivity index (χ2n) is 5.69. The molecule has 1 saturated carbocycles. The zero-order valence-electron chi connectivity index (χ0n) is 10.9. The van der Waals surface area contributed by atoms with E-state index in [9.17, 15) is 0 Å². The summed E-state index contributed by atoms with van der Waals surface area (Å²) in [7, 11) is 0. The quantitative estimate of drug-likeness (QED) is 0.797. The van der Waals surface area contributed by atoms with Crippen molar-refractivity contribution in [1.82, 2.24) is 5.32 Å². The predicted molar refractivity (Wildman–Crippen MR) is 67.6 cm³/mol. The van der Waals surface area contributed by atoms with Gasteiger partial charge in [-0.1, -0.05) is 26.7 Å². The van der Waals surface area contributed by atoms with E-state index in [2.05, 4.69) is 19.2 Å². The molecule has 2 heteroatoms. The molecule has 1 heterocycles. The van der Waals surface area contributed by atoms with Crippen LogP contribution in [0.2, 0.25) is 0 Å². The number of morpholine rings is 1. The van der Waals surface area contributed by atoms with Crippen molar-refractivity contribution in [2.24, 2.45) is 5.92 Å². The topological polar surface area (TPSA) is 21.3 Å². The van der Waals surface area contributed by atoms with E-state index in [4.69, 9.17) is 4.74 Å². The number of nitrogens with one attached hydrogen (secondary N) is 1. The maximum absolute atomic E-state index is 6.33. The van der Waals surface area contributed by atoms with Crippen LogP contribution in [0.15, 0.2) is 0 Å². The van der Waals surface area contributed by atoms with Crippen molar-refractivity contribution < 1.29 is 4.74 Å². The van der Waals surface area contributed by atoms with Crippen LogP contribution in [0, 0.1) is 5.92 Å². The van der Waals surface area contributed by atoms with Crippen LogP contribution in [0.1, 0.15) is 58.8 Å². The first-order valence-corrected chi connectivity index (χ1v) is 7.16. The third-order valence-corrected chi connectivity index (χ3v) is 4.40. The summed E-state index contributed by atoms with van der Waals surface area (Å²) in [5.74, 6) is 0.973. The first kappa shape index (κ1) is 12.4. The number of rotatable bonds is 3. The van der Waals surface area contributed by atoms with Gasteiger partial charge in [-0.25, -0.2) is 0 Å². The average Bonchev–Trinajstić information content (AvgIpc) is 2.33. The van der Waals surface area contributed by atoms with Crippen LogP contribution < -0.4 is 5.32 Å². The van der Waals surface area contributed by atoms with Gasteiger partial charge in [0.2, 0.25) is 0 Å². The molecule has 2 fully saturated rings. The van der Waals surface area contributed by atoms with Crippen molar-refractivity contribution in [2.75, 3.05) is 13.1 Å². The normalized spacial score (nSPS) is 40.1. The van der Waals surface area contributed by atoms with E-state index < -0.39 is 0 Å². The van der Waals surface area contributed by atoms with Crippen molar-refractivity contribution in [3.8, 4) is 0 Å². The van der Waals surface area contributed by atoms with E-state index in [0.29, 0.717) is 6.10 Å². The highest BCUT2D eigenvalue weighted by atomic mass is 16.5. The summed E-state index contributed by atoms with van der Waals surface area (Å²) in [4.78, 5) is 0. The fourth-order valence-electron chi connectivity index (χ4n) is 3.32. The lowest BCUT2D eigenvalue weighted by atomic mass is 9.76. The smallest absolute Gasteiger partial charge is 0.0810 e. The van der Waals surface area contributed by atoms with Gasteiger partial charge in [-0.2, -0.15) is 0 Å². The van der Waals surface area contributed by atoms with Crippen molar-refractivity contribution in [1.29, 1.82) is 0 Å². The standard InChI is InChI=1S/C14H27NO/c1-3-5-12-6-8-14(9-7-12)11-15-10-13(4-2)16-14/h12-13,15H,3-11H2,1-2H3. The van der Waals surface area contributed by atoms with Gasteiger partial charge >= 0.3 is 0 Å². The van der Waals surface area contributed by atoms with Crippen molar-refractivity contribution in [3.05, 3.63) is 0 Å². The van der Waals surface area contributed by atoms with Crippen molar-refractivity contribution in [3.63, 3.8) is 0 Å². The van der Waals surface area contributed by atoms with Gasteiger partial charge in [0.25, 0.3) is 0 Å². The minimum Gasteiger partial charge on any atom is -0.369 e. The first-order chi connectivity index (χ1) is 7.78. The monoisotopic (exact) mass is 225 g/mol. The maximum atomic E-state index is 6.33. The molecule has 2 nitrogen and oxygen atoms in total. The van der Waals surface area contributed by atoms with Crippen LogP contribution >= 0.6 is 0 Å². The summed E-state index contributed by atoms with van der Waals surface area (Å²) in [5, 5.41) is 3.57. The molecule has 1 N–H and O–H groups in total. The van der Waals surface area contributed by atoms with Gasteiger partial charge in [-0.15, -0.1) is 0 Å². The van der Waals surface area contributed by atoms with E-state index in [0.717, 1.165) is 25.4 Å². The van der Waals surface area contributed by atoms with Crippen LogP contribution in [0.3, 0.4) is 0 Å². The van der Waals surface area contributed by atoms with Crippen LogP contribution in [-0.4, -0.2) is 24.8 Å². The molecule has 0 aromatic heterocycles. The minimum atomic E-state index is 0.198. The van der Waals surface area contributed by atoms with Gasteiger partial charge in [0, 0.05) is 13.1 Å². The summed E-state index contributed by atoms with van der Waals surface area (Å²) in [6, 6.07) is 0. The third kappa shape index (κ3) is 2.78. The molecular formula is C14H27NO. The Bertz CT molecular complexity index is 209. The predicted octanol–water partition coefficient (Wildman–Crippen LogP) is 3.11. The molecule has 1 aliphatic heterocycles. The molecule has 2 rings (SSSR count). The zero-order chi connectivity index (χ0) is 11.4. The summed E-state index contributed by atoms with van der Waals surface area (Å²) in [6.45, 7) is 6.67. The molecule has 1 atom stereocenters. The van der Waals surface area contributed by atoms with Crippen LogP contribution in [0.5, 0.6) is 0 Å². The van der Waals surface area contributed by atoms with Gasteiger partial charge in [-0.05, 0) is 38.0 Å². The van der Waals surface area contributed by atoms with Crippen LogP contribution in [-0.2, 0) is 4.74 Å². The van der Waals surface area contributed by atoms with Crippen molar-refractivity contribution >= 4 is 0 Å². The highest BCUT2D eigenvalue weighted by molar-refractivity contribution is 4.93. The Morgan fingerprint density at radius 1 is 1.25 bits per heavy atom. The molecule has 0 bridgehead atoms. The van der Waals surface area contributed by atoms with Gasteiger partial charge < -0.3 is 10.1 Å². The lowest BCUT2D eigenvalue weighted by molar-refractivity contribution is -0.139. The third-order valence-electron chi connectivity index (χ3n) is 4.40. The molecule has 1 unspecified atom stereocenters. The fraction of sp³-hybridized carbons (Fsp3) is 1.00. The Labute approximate surface area is 100 Å². The Morgan fingerprint density at radius 2 is 2.00 bits per heavy atom. The maximum Gasteiger partial charge on any atom is 0.0810 e. The summed E-state index contributed by atoms with van der Waals surface area (Å²) in [6.07, 6.45) is 9.68. The largest absolute Gasteiger partial charge is 0.369 e. The van der Waals surface area contributed by atoms with E-state index in [-0.39, 0.29) is 5.60 Å². The molecule has 1 saturated heterocycles. The van der Waals surface area contributed by atoms with Gasteiger partial charge in [-0.3, -0.25) is 0 Å². The molecule has 1 spiro atoms.